The first-order valence-electron chi connectivity index (χ1n) is 13.1. The maximum absolute atomic E-state index is 12.7. The van der Waals surface area contributed by atoms with Gasteiger partial charge in [0.25, 0.3) is 5.89 Å². The van der Waals surface area contributed by atoms with E-state index < -0.39 is 0 Å². The molecule has 0 atom stereocenters. The van der Waals surface area contributed by atoms with Crippen molar-refractivity contribution in [1.29, 1.82) is 5.26 Å². The lowest BCUT2D eigenvalue weighted by Crippen LogP contribution is -2.46. The van der Waals surface area contributed by atoms with Crippen molar-refractivity contribution in [3.8, 4) is 34.7 Å². The van der Waals surface area contributed by atoms with E-state index in [9.17, 15) is 10.1 Å². The average Bonchev–Trinajstić information content (AvgIpc) is 3.38. The molecule has 1 aromatic heterocycles. The van der Waals surface area contributed by atoms with Crippen molar-refractivity contribution in [1.82, 2.24) is 19.9 Å². The van der Waals surface area contributed by atoms with Crippen LogP contribution in [0.1, 0.15) is 30.5 Å². The molecule has 2 aliphatic heterocycles. The number of aromatic nitrogens is 2. The minimum absolute atomic E-state index is 0.0292. The summed E-state index contributed by atoms with van der Waals surface area (Å²) in [6.45, 7) is 8.56. The fourth-order valence-electron chi connectivity index (χ4n) is 4.74. The highest BCUT2D eigenvalue weighted by Gasteiger charge is 2.22. The van der Waals surface area contributed by atoms with E-state index in [0.717, 1.165) is 31.5 Å². The van der Waals surface area contributed by atoms with Gasteiger partial charge in [-0.25, -0.2) is 0 Å². The minimum atomic E-state index is -0.0292. The number of amides is 1. The van der Waals surface area contributed by atoms with Crippen molar-refractivity contribution >= 4 is 28.5 Å². The zero-order valence-electron chi connectivity index (χ0n) is 22.7. The summed E-state index contributed by atoms with van der Waals surface area (Å²) in [6.07, 6.45) is 1.72. The second-order valence-electron chi connectivity index (χ2n) is 9.67. The number of morpholine rings is 1. The van der Waals surface area contributed by atoms with Crippen LogP contribution in [-0.4, -0.2) is 82.8 Å². The summed E-state index contributed by atoms with van der Waals surface area (Å²) < 4.78 is 16.6. The third kappa shape index (κ3) is 7.35. The molecule has 0 bridgehead atoms. The largest absolute Gasteiger partial charge is 0.490 e. The van der Waals surface area contributed by atoms with Gasteiger partial charge in [0, 0.05) is 37.3 Å². The van der Waals surface area contributed by atoms with Gasteiger partial charge in [-0.05, 0) is 67.0 Å². The van der Waals surface area contributed by atoms with Gasteiger partial charge < -0.3 is 18.9 Å². The highest BCUT2D eigenvalue weighted by atomic mass is 127. The van der Waals surface area contributed by atoms with Gasteiger partial charge in [0.1, 0.15) is 11.8 Å². The van der Waals surface area contributed by atoms with Gasteiger partial charge in [-0.15, -0.1) is 0 Å². The number of hydrogen-bond donors (Lipinski definition) is 0. The molecule has 1 fully saturated rings. The number of carbonyl (C=O) groups is 1. The average molecular weight is 644 g/mol. The Kier molecular flexibility index (Phi) is 10.3. The van der Waals surface area contributed by atoms with Gasteiger partial charge in [-0.1, -0.05) is 39.9 Å². The summed E-state index contributed by atoms with van der Waals surface area (Å²) in [5, 5.41) is 13.7. The molecule has 0 aliphatic carbocycles. The normalized spacial score (nSPS) is 15.5. The Balaban J connectivity index is 0.00000172. The second kappa shape index (κ2) is 13.9. The van der Waals surface area contributed by atoms with Crippen molar-refractivity contribution in [2.45, 2.75) is 32.8 Å². The monoisotopic (exact) mass is 643 g/mol. The lowest BCUT2D eigenvalue weighted by Gasteiger charge is -2.29. The Hall–Kier alpha value is -3.01. The Morgan fingerprint density at radius 3 is 2.49 bits per heavy atom. The SMILES string of the molecule is CC(C)Oc1ccc(-c2nc(-c3ccc4c(c3)CCN(CC(=O)N3CCOCC3)CC4)no2)cc1C#N.CI. The molecule has 3 heterocycles. The molecule has 2 aliphatic rings. The molecule has 0 unspecified atom stereocenters. The number of alkyl halides is 1. The van der Waals surface area contributed by atoms with Gasteiger partial charge in [-0.3, -0.25) is 9.69 Å². The van der Waals surface area contributed by atoms with Gasteiger partial charge in [0.15, 0.2) is 0 Å². The second-order valence-corrected chi connectivity index (χ2v) is 9.67. The smallest absolute Gasteiger partial charge is 0.258 e. The zero-order chi connectivity index (χ0) is 27.8. The van der Waals surface area contributed by atoms with Crippen molar-refractivity contribution < 1.29 is 18.8 Å². The highest BCUT2D eigenvalue weighted by molar-refractivity contribution is 14.1. The van der Waals surface area contributed by atoms with Crippen molar-refractivity contribution in [3.05, 3.63) is 53.1 Å². The molecule has 39 heavy (non-hydrogen) atoms. The van der Waals surface area contributed by atoms with Crippen LogP contribution in [0.25, 0.3) is 22.8 Å². The number of hydrogen-bond acceptors (Lipinski definition) is 8. The summed E-state index contributed by atoms with van der Waals surface area (Å²) in [5.74, 6) is 1.57. The van der Waals surface area contributed by atoms with Gasteiger partial charge in [0.2, 0.25) is 11.7 Å². The van der Waals surface area contributed by atoms with Crippen LogP contribution >= 0.6 is 22.6 Å². The summed E-state index contributed by atoms with van der Waals surface area (Å²) in [5.41, 5.74) is 4.50. The molecule has 10 heteroatoms. The fourth-order valence-corrected chi connectivity index (χ4v) is 4.74. The molecule has 0 spiro atoms. The Morgan fingerprint density at radius 2 is 1.77 bits per heavy atom. The number of halogens is 1. The lowest BCUT2D eigenvalue weighted by molar-refractivity contribution is -0.136. The van der Waals surface area contributed by atoms with Crippen LogP contribution in [0, 0.1) is 11.3 Å². The van der Waals surface area contributed by atoms with Gasteiger partial charge >= 0.3 is 0 Å². The Labute approximate surface area is 243 Å². The molecule has 1 saturated heterocycles. The number of benzene rings is 2. The van der Waals surface area contributed by atoms with Crippen LogP contribution in [-0.2, 0) is 22.4 Å². The van der Waals surface area contributed by atoms with Crippen LogP contribution in [0.4, 0.5) is 0 Å². The summed E-state index contributed by atoms with van der Waals surface area (Å²) >= 11 is 2.15. The summed E-state index contributed by atoms with van der Waals surface area (Å²) in [6, 6.07) is 13.7. The predicted molar refractivity (Wildman–Crippen MR) is 157 cm³/mol. The first-order valence-corrected chi connectivity index (χ1v) is 15.3. The van der Waals surface area contributed by atoms with Crippen molar-refractivity contribution in [3.63, 3.8) is 0 Å². The molecule has 206 valence electrons. The van der Waals surface area contributed by atoms with Crippen LogP contribution in [0.2, 0.25) is 0 Å². The van der Waals surface area contributed by atoms with E-state index >= 15 is 0 Å². The fraction of sp³-hybridized carbons (Fsp3) is 0.448. The van der Waals surface area contributed by atoms with Crippen LogP contribution in [0.15, 0.2) is 40.9 Å². The number of fused-ring (bicyclic) bond motifs is 1. The van der Waals surface area contributed by atoms with Crippen LogP contribution in [0.5, 0.6) is 5.75 Å². The van der Waals surface area contributed by atoms with E-state index in [1.807, 2.05) is 35.8 Å². The number of nitriles is 1. The minimum Gasteiger partial charge on any atom is -0.490 e. The molecule has 1 amide bonds. The molecule has 0 radical (unpaired) electrons. The molecule has 5 rings (SSSR count). The van der Waals surface area contributed by atoms with E-state index in [1.165, 1.54) is 11.1 Å². The van der Waals surface area contributed by atoms with Crippen molar-refractivity contribution in [2.24, 2.45) is 0 Å². The van der Waals surface area contributed by atoms with E-state index in [4.69, 9.17) is 14.0 Å². The Morgan fingerprint density at radius 1 is 1.05 bits per heavy atom. The number of nitrogens with zero attached hydrogens (tertiary/aromatic N) is 5. The number of ether oxygens (including phenoxy) is 2. The summed E-state index contributed by atoms with van der Waals surface area (Å²) in [4.78, 5) is 23.4. The first-order chi connectivity index (χ1) is 19.0. The van der Waals surface area contributed by atoms with E-state index in [-0.39, 0.29) is 12.0 Å². The third-order valence-electron chi connectivity index (χ3n) is 6.72. The number of carbonyl (C=O) groups excluding carboxylic acids is 1. The topological polar surface area (TPSA) is 105 Å². The van der Waals surface area contributed by atoms with Gasteiger partial charge in [-0.2, -0.15) is 10.2 Å². The first kappa shape index (κ1) is 29.0. The van der Waals surface area contributed by atoms with Crippen molar-refractivity contribution in [2.75, 3.05) is 50.9 Å². The maximum Gasteiger partial charge on any atom is 0.258 e. The molecule has 2 aromatic carbocycles. The predicted octanol–water partition coefficient (Wildman–Crippen LogP) is 4.37. The number of rotatable bonds is 6. The quantitative estimate of drug-likeness (QED) is 0.288. The van der Waals surface area contributed by atoms with Crippen LogP contribution < -0.4 is 4.74 Å². The van der Waals surface area contributed by atoms with Gasteiger partial charge in [0.05, 0.1) is 31.4 Å². The van der Waals surface area contributed by atoms with Crippen LogP contribution in [0.3, 0.4) is 0 Å². The Bertz CT molecular complexity index is 1310. The molecule has 0 N–H and O–H groups in total. The highest BCUT2D eigenvalue weighted by Crippen LogP contribution is 2.29. The third-order valence-corrected chi connectivity index (χ3v) is 6.72. The summed E-state index contributed by atoms with van der Waals surface area (Å²) in [7, 11) is 0. The molecule has 0 saturated carbocycles. The lowest BCUT2D eigenvalue weighted by atomic mass is 10.00. The molecular formula is C29H34IN5O4. The van der Waals surface area contributed by atoms with E-state index in [1.54, 1.807) is 12.1 Å². The molecule has 9 nitrogen and oxygen atoms in total. The standard InChI is InChI=1S/C28H31N5O4.CH3I/c1-19(2)36-25-6-5-23(16-24(25)17-29)28-30-27(31-37-28)22-4-3-20-7-9-32(10-8-21(20)15-22)18-26(34)33-11-13-35-14-12-33;1-2/h3-6,15-16,19H,7-14,18H2,1-2H3;1H3. The molecule has 3 aromatic rings. The molecular weight excluding hydrogens is 609 g/mol. The van der Waals surface area contributed by atoms with E-state index in [2.05, 4.69) is 55.8 Å². The van der Waals surface area contributed by atoms with E-state index in [0.29, 0.717) is 61.4 Å². The maximum atomic E-state index is 12.7. The zero-order valence-corrected chi connectivity index (χ0v) is 24.8.